The smallest absolute Gasteiger partial charge is 0.429 e. The first-order valence-electron chi connectivity index (χ1n) is 17.7. The monoisotopic (exact) mass is 618 g/mol. The largest absolute Gasteiger partial charge is 0.445 e. The fourth-order valence-corrected chi connectivity index (χ4v) is 6.37. The molecule has 0 bridgehead atoms. The lowest BCUT2D eigenvalue weighted by Crippen LogP contribution is -2.31. The highest BCUT2D eigenvalue weighted by Gasteiger charge is 2.45. The lowest BCUT2D eigenvalue weighted by molar-refractivity contribution is -0.201. The van der Waals surface area contributed by atoms with Gasteiger partial charge in [0, 0.05) is 5.57 Å². The SMILES string of the molecule is CCCCCCCCCCCC[C@@H](O)[C@H]1CC[C@H]([C@H](O)CCCCCCCCCCCCC2=C[C@@H](C(F)(F)F)OC2=O)O1. The van der Waals surface area contributed by atoms with Gasteiger partial charge >= 0.3 is 12.1 Å². The second-order valence-electron chi connectivity index (χ2n) is 13.0. The Kier molecular flexibility index (Phi) is 19.8. The number of carbonyl (C=O) groups is 1. The molecule has 5 nitrogen and oxygen atoms in total. The minimum Gasteiger partial charge on any atom is -0.445 e. The van der Waals surface area contributed by atoms with Gasteiger partial charge in [-0.05, 0) is 44.6 Å². The van der Waals surface area contributed by atoms with Crippen molar-refractivity contribution in [3.8, 4) is 0 Å². The number of hydrogen-bond acceptors (Lipinski definition) is 5. The fraction of sp³-hybridized carbons (Fsp3) is 0.914. The van der Waals surface area contributed by atoms with Crippen molar-refractivity contribution in [2.24, 2.45) is 0 Å². The van der Waals surface area contributed by atoms with Crippen molar-refractivity contribution in [2.75, 3.05) is 0 Å². The number of halogens is 3. The van der Waals surface area contributed by atoms with Crippen molar-refractivity contribution in [1.82, 2.24) is 0 Å². The highest BCUT2D eigenvalue weighted by molar-refractivity contribution is 5.90. The molecule has 2 aliphatic rings. The molecule has 1 fully saturated rings. The van der Waals surface area contributed by atoms with E-state index < -0.39 is 30.5 Å². The number of rotatable bonds is 26. The van der Waals surface area contributed by atoms with Gasteiger partial charge in [0.15, 0.2) is 0 Å². The van der Waals surface area contributed by atoms with Gasteiger partial charge in [-0.1, -0.05) is 129 Å². The molecule has 0 amide bonds. The number of ether oxygens (including phenoxy) is 2. The van der Waals surface area contributed by atoms with Crippen LogP contribution in [0, 0.1) is 0 Å². The van der Waals surface area contributed by atoms with Crippen LogP contribution in [0.3, 0.4) is 0 Å². The van der Waals surface area contributed by atoms with Crippen LogP contribution in [0.25, 0.3) is 0 Å². The topological polar surface area (TPSA) is 76.0 Å². The number of hydrogen-bond donors (Lipinski definition) is 2. The summed E-state index contributed by atoms with van der Waals surface area (Å²) in [5, 5.41) is 21.2. The van der Waals surface area contributed by atoms with Gasteiger partial charge in [0.25, 0.3) is 0 Å². The molecule has 43 heavy (non-hydrogen) atoms. The normalized spacial score (nSPS) is 22.1. The van der Waals surface area contributed by atoms with Crippen LogP contribution in [-0.4, -0.2) is 52.9 Å². The molecule has 1 saturated heterocycles. The van der Waals surface area contributed by atoms with E-state index in [4.69, 9.17) is 4.74 Å². The predicted octanol–water partition coefficient (Wildman–Crippen LogP) is 9.66. The van der Waals surface area contributed by atoms with Crippen molar-refractivity contribution in [3.05, 3.63) is 11.6 Å². The Morgan fingerprint density at radius 3 is 1.49 bits per heavy atom. The van der Waals surface area contributed by atoms with Gasteiger partial charge in [-0.2, -0.15) is 13.2 Å². The van der Waals surface area contributed by atoms with Gasteiger partial charge in [-0.25, -0.2) is 4.79 Å². The summed E-state index contributed by atoms with van der Waals surface area (Å²) < 4.78 is 48.4. The molecular formula is C35H61F3O5. The van der Waals surface area contributed by atoms with E-state index in [0.29, 0.717) is 12.8 Å². The highest BCUT2D eigenvalue weighted by Crippen LogP contribution is 2.31. The van der Waals surface area contributed by atoms with Gasteiger partial charge in [0.2, 0.25) is 6.10 Å². The molecule has 0 spiro atoms. The summed E-state index contributed by atoms with van der Waals surface area (Å²) in [6, 6.07) is 0. The summed E-state index contributed by atoms with van der Waals surface area (Å²) in [6.45, 7) is 2.25. The zero-order valence-corrected chi connectivity index (χ0v) is 26.9. The third-order valence-electron chi connectivity index (χ3n) is 9.16. The number of cyclic esters (lactones) is 1. The fourth-order valence-electron chi connectivity index (χ4n) is 6.37. The Balaban J connectivity index is 1.37. The Labute approximate surface area is 259 Å². The first-order chi connectivity index (χ1) is 20.7. The Hall–Kier alpha value is -1.12. The van der Waals surface area contributed by atoms with Crippen LogP contribution >= 0.6 is 0 Å². The van der Waals surface area contributed by atoms with Crippen LogP contribution in [0.4, 0.5) is 13.2 Å². The lowest BCUT2D eigenvalue weighted by Gasteiger charge is -2.22. The maximum Gasteiger partial charge on any atom is 0.429 e. The minimum atomic E-state index is -4.53. The van der Waals surface area contributed by atoms with Crippen LogP contribution < -0.4 is 0 Å². The summed E-state index contributed by atoms with van der Waals surface area (Å²) in [5.74, 6) is -0.830. The minimum absolute atomic E-state index is 0.128. The van der Waals surface area contributed by atoms with Gasteiger partial charge in [-0.3, -0.25) is 0 Å². The number of esters is 1. The highest BCUT2D eigenvalue weighted by atomic mass is 19.4. The average molecular weight is 619 g/mol. The van der Waals surface area contributed by atoms with Crippen molar-refractivity contribution in [3.63, 3.8) is 0 Å². The second kappa shape index (κ2) is 22.4. The van der Waals surface area contributed by atoms with Crippen molar-refractivity contribution in [2.45, 2.75) is 204 Å². The maximum absolute atomic E-state index is 12.6. The molecule has 0 aromatic rings. The molecule has 0 radical (unpaired) electrons. The molecular weight excluding hydrogens is 557 g/mol. The third kappa shape index (κ3) is 16.7. The molecule has 2 rings (SSSR count). The summed E-state index contributed by atoms with van der Waals surface area (Å²) in [7, 11) is 0. The maximum atomic E-state index is 12.6. The molecule has 252 valence electrons. The van der Waals surface area contributed by atoms with Gasteiger partial charge < -0.3 is 19.7 Å². The third-order valence-corrected chi connectivity index (χ3v) is 9.16. The Morgan fingerprint density at radius 2 is 1.09 bits per heavy atom. The number of carbonyl (C=O) groups excluding carboxylic acids is 1. The van der Waals surface area contributed by atoms with E-state index in [2.05, 4.69) is 11.7 Å². The number of unbranched alkanes of at least 4 members (excludes halogenated alkanes) is 18. The average Bonchev–Trinajstić information content (AvgIpc) is 3.62. The zero-order valence-electron chi connectivity index (χ0n) is 26.9. The van der Waals surface area contributed by atoms with Crippen LogP contribution in [0.2, 0.25) is 0 Å². The summed E-state index contributed by atoms with van der Waals surface area (Å²) in [5.41, 5.74) is 0.156. The van der Waals surface area contributed by atoms with E-state index in [1.54, 1.807) is 0 Å². The summed E-state index contributed by atoms with van der Waals surface area (Å²) in [4.78, 5) is 11.6. The molecule has 2 heterocycles. The van der Waals surface area contributed by atoms with Crippen molar-refractivity contribution >= 4 is 5.97 Å². The molecule has 5 atom stereocenters. The van der Waals surface area contributed by atoms with E-state index in [1.807, 2.05) is 0 Å². The molecule has 2 N–H and O–H groups in total. The molecule has 8 heteroatoms. The van der Waals surface area contributed by atoms with E-state index in [0.717, 1.165) is 89.5 Å². The molecule has 0 saturated carbocycles. The first-order valence-corrected chi connectivity index (χ1v) is 17.7. The first kappa shape index (κ1) is 38.1. The van der Waals surface area contributed by atoms with E-state index in [9.17, 15) is 28.2 Å². The van der Waals surface area contributed by atoms with Crippen LogP contribution in [0.5, 0.6) is 0 Å². The molecule has 0 unspecified atom stereocenters. The standard InChI is InChI=1S/C35H61F3O5/c1-2-3-4-5-6-7-11-14-17-20-23-29(39)31-25-26-32(42-31)30(40)24-21-18-15-12-9-8-10-13-16-19-22-28-27-33(35(36,37)38)43-34(28)41/h27,29-33,39-40H,2-26H2,1H3/t29-,30-,31-,32-,33+/m1/s1. The van der Waals surface area contributed by atoms with Crippen LogP contribution in [0.1, 0.15) is 167 Å². The van der Waals surface area contributed by atoms with E-state index in [-0.39, 0.29) is 17.8 Å². The molecule has 2 aliphatic heterocycles. The van der Waals surface area contributed by atoms with Crippen LogP contribution in [-0.2, 0) is 14.3 Å². The Bertz CT molecular complexity index is 756. The summed E-state index contributed by atoms with van der Waals surface area (Å²) in [6.07, 6.45) is 20.1. The molecule has 0 aromatic heterocycles. The van der Waals surface area contributed by atoms with E-state index in [1.165, 1.54) is 64.2 Å². The zero-order chi connectivity index (χ0) is 31.3. The van der Waals surface area contributed by atoms with Gasteiger partial charge in [-0.15, -0.1) is 0 Å². The lowest BCUT2D eigenvalue weighted by atomic mass is 10.00. The number of aliphatic hydroxyl groups is 2. The molecule has 0 aliphatic carbocycles. The predicted molar refractivity (Wildman–Crippen MR) is 166 cm³/mol. The summed E-state index contributed by atoms with van der Waals surface area (Å²) >= 11 is 0. The van der Waals surface area contributed by atoms with Crippen molar-refractivity contribution in [1.29, 1.82) is 0 Å². The number of aliphatic hydroxyl groups excluding tert-OH is 2. The van der Waals surface area contributed by atoms with E-state index >= 15 is 0 Å². The van der Waals surface area contributed by atoms with Crippen LogP contribution in [0.15, 0.2) is 11.6 Å². The quantitative estimate of drug-likeness (QED) is 0.0746. The second-order valence-corrected chi connectivity index (χ2v) is 13.0. The molecule has 0 aromatic carbocycles. The number of alkyl halides is 3. The van der Waals surface area contributed by atoms with Crippen molar-refractivity contribution < 1.29 is 37.7 Å². The van der Waals surface area contributed by atoms with Gasteiger partial charge in [0.1, 0.15) is 0 Å². The Morgan fingerprint density at radius 1 is 0.698 bits per heavy atom. The van der Waals surface area contributed by atoms with Gasteiger partial charge in [0.05, 0.1) is 24.4 Å².